The third-order valence-electron chi connectivity index (χ3n) is 5.68. The zero-order chi connectivity index (χ0) is 15.6. The fourth-order valence-electron chi connectivity index (χ4n) is 4.61. The van der Waals surface area contributed by atoms with Crippen molar-refractivity contribution in [3.05, 3.63) is 64.9 Å². The summed E-state index contributed by atoms with van der Waals surface area (Å²) in [6, 6.07) is 15.2. The van der Waals surface area contributed by atoms with Crippen molar-refractivity contribution in [2.75, 3.05) is 0 Å². The number of rotatable bonds is 4. The lowest BCUT2D eigenvalue weighted by molar-refractivity contribution is 0.0252. The van der Waals surface area contributed by atoms with Crippen LogP contribution in [0.4, 0.5) is 0 Å². The summed E-state index contributed by atoms with van der Waals surface area (Å²) >= 11 is 6.07. The van der Waals surface area contributed by atoms with Gasteiger partial charge in [-0.2, -0.15) is 0 Å². The zero-order valence-electron chi connectivity index (χ0n) is 13.3. The van der Waals surface area contributed by atoms with E-state index in [2.05, 4.69) is 34.6 Å². The minimum Gasteiger partial charge on any atom is -0.307 e. The van der Waals surface area contributed by atoms with Crippen LogP contribution in [-0.4, -0.2) is 11.0 Å². The van der Waals surface area contributed by atoms with Gasteiger partial charge in [-0.1, -0.05) is 42.6 Å². The summed E-state index contributed by atoms with van der Waals surface area (Å²) in [5.41, 5.74) is 2.57. The second-order valence-electron chi connectivity index (χ2n) is 6.92. The molecule has 0 bridgehead atoms. The first-order valence-corrected chi connectivity index (χ1v) is 9.09. The van der Waals surface area contributed by atoms with Crippen LogP contribution < -0.4 is 5.32 Å². The summed E-state index contributed by atoms with van der Waals surface area (Å²) < 4.78 is 0. The van der Waals surface area contributed by atoms with E-state index in [1.807, 2.05) is 24.4 Å². The van der Waals surface area contributed by atoms with Crippen LogP contribution in [0.2, 0.25) is 5.02 Å². The molecule has 0 spiro atoms. The first kappa shape index (κ1) is 15.2. The first-order chi connectivity index (χ1) is 11.3. The van der Waals surface area contributed by atoms with E-state index in [4.69, 9.17) is 11.6 Å². The van der Waals surface area contributed by atoms with Crippen molar-refractivity contribution in [3.8, 4) is 0 Å². The second-order valence-corrected chi connectivity index (χ2v) is 7.35. The molecule has 0 aliphatic heterocycles. The van der Waals surface area contributed by atoms with Gasteiger partial charge >= 0.3 is 0 Å². The minimum absolute atomic E-state index is 0.573. The van der Waals surface area contributed by atoms with Crippen LogP contribution in [0.25, 0.3) is 0 Å². The lowest BCUT2D eigenvalue weighted by atomic mass is 9.53. The molecule has 3 heteroatoms. The molecule has 120 valence electrons. The number of benzene rings is 1. The Hall–Kier alpha value is -1.38. The van der Waals surface area contributed by atoms with Gasteiger partial charge in [0, 0.05) is 29.7 Å². The molecular formula is C20H23ClN2. The van der Waals surface area contributed by atoms with Crippen molar-refractivity contribution in [1.29, 1.82) is 0 Å². The molecular weight excluding hydrogens is 304 g/mol. The Bertz CT molecular complexity index is 640. The van der Waals surface area contributed by atoms with Crippen LogP contribution in [0, 0.1) is 11.8 Å². The molecule has 0 saturated heterocycles. The second kappa shape index (κ2) is 6.62. The van der Waals surface area contributed by atoms with Crippen LogP contribution in [0.3, 0.4) is 0 Å². The number of nitrogens with zero attached hydrogens (tertiary/aromatic N) is 1. The highest BCUT2D eigenvalue weighted by molar-refractivity contribution is 6.30. The maximum absolute atomic E-state index is 6.07. The van der Waals surface area contributed by atoms with Gasteiger partial charge in [0.15, 0.2) is 0 Å². The molecule has 0 radical (unpaired) electrons. The first-order valence-electron chi connectivity index (χ1n) is 8.72. The van der Waals surface area contributed by atoms with Gasteiger partial charge in [0.05, 0.1) is 5.69 Å². The summed E-state index contributed by atoms with van der Waals surface area (Å²) in [5.74, 6) is 2.29. The van der Waals surface area contributed by atoms with E-state index in [-0.39, 0.29) is 0 Å². The van der Waals surface area contributed by atoms with Gasteiger partial charge in [-0.15, -0.1) is 0 Å². The van der Waals surface area contributed by atoms with Crippen LogP contribution in [-0.2, 0) is 6.54 Å². The van der Waals surface area contributed by atoms with Gasteiger partial charge in [0.2, 0.25) is 0 Å². The van der Waals surface area contributed by atoms with Crippen molar-refractivity contribution in [2.45, 2.75) is 44.2 Å². The molecule has 1 heterocycles. The highest BCUT2D eigenvalue weighted by atomic mass is 35.5. The maximum Gasteiger partial charge on any atom is 0.0541 e. The number of fused-ring (bicyclic) bond motifs is 1. The highest BCUT2D eigenvalue weighted by Crippen LogP contribution is 2.54. The number of nitrogens with one attached hydrogen (secondary N) is 1. The van der Waals surface area contributed by atoms with Gasteiger partial charge < -0.3 is 5.32 Å². The van der Waals surface area contributed by atoms with Crippen LogP contribution in [0.15, 0.2) is 48.7 Å². The molecule has 2 aromatic rings. The van der Waals surface area contributed by atoms with Gasteiger partial charge in [-0.05, 0) is 54.5 Å². The highest BCUT2D eigenvalue weighted by Gasteiger charge is 2.50. The van der Waals surface area contributed by atoms with E-state index in [1.54, 1.807) is 0 Å². The quantitative estimate of drug-likeness (QED) is 0.873. The molecule has 2 aliphatic rings. The molecule has 1 N–H and O–H groups in total. The van der Waals surface area contributed by atoms with E-state index in [0.29, 0.717) is 12.0 Å². The monoisotopic (exact) mass is 326 g/mol. The van der Waals surface area contributed by atoms with E-state index < -0.39 is 0 Å². The van der Waals surface area contributed by atoms with Gasteiger partial charge in [-0.25, -0.2) is 0 Å². The zero-order valence-corrected chi connectivity index (χ0v) is 14.0. The Morgan fingerprint density at radius 1 is 1.00 bits per heavy atom. The lowest BCUT2D eigenvalue weighted by Gasteiger charge is -2.55. The summed E-state index contributed by atoms with van der Waals surface area (Å²) in [6.07, 6.45) is 7.39. The largest absolute Gasteiger partial charge is 0.307 e. The van der Waals surface area contributed by atoms with E-state index in [1.165, 1.54) is 31.2 Å². The average molecular weight is 327 g/mol. The number of hydrogen-bond donors (Lipinski definition) is 1. The van der Waals surface area contributed by atoms with E-state index >= 15 is 0 Å². The maximum atomic E-state index is 6.07. The normalized spacial score (nSPS) is 29.6. The van der Waals surface area contributed by atoms with Crippen LogP contribution >= 0.6 is 11.6 Å². The number of pyridine rings is 1. The predicted molar refractivity (Wildman–Crippen MR) is 94.5 cm³/mol. The average Bonchev–Trinajstić information content (AvgIpc) is 2.59. The van der Waals surface area contributed by atoms with Crippen molar-refractivity contribution in [1.82, 2.24) is 10.3 Å². The molecule has 1 aromatic heterocycles. The number of hydrogen-bond acceptors (Lipinski definition) is 2. The van der Waals surface area contributed by atoms with Gasteiger partial charge in [0.1, 0.15) is 0 Å². The summed E-state index contributed by atoms with van der Waals surface area (Å²) in [7, 11) is 0. The fraction of sp³-hybridized carbons (Fsp3) is 0.450. The van der Waals surface area contributed by atoms with Crippen molar-refractivity contribution in [3.63, 3.8) is 0 Å². The molecule has 2 nitrogen and oxygen atoms in total. The van der Waals surface area contributed by atoms with Gasteiger partial charge in [-0.3, -0.25) is 4.98 Å². The smallest absolute Gasteiger partial charge is 0.0541 e. The van der Waals surface area contributed by atoms with Crippen molar-refractivity contribution in [2.24, 2.45) is 11.8 Å². The SMILES string of the molecule is Clc1ccc([C@H]2[C@@H]3CCCC[C@H]3[C@@H]2NCc2ccccn2)cc1. The molecule has 2 fully saturated rings. The van der Waals surface area contributed by atoms with Crippen molar-refractivity contribution < 1.29 is 0 Å². The number of halogens is 1. The lowest BCUT2D eigenvalue weighted by Crippen LogP contribution is -2.57. The molecule has 4 rings (SSSR count). The fourth-order valence-corrected chi connectivity index (χ4v) is 4.74. The third-order valence-corrected chi connectivity index (χ3v) is 5.94. The summed E-state index contributed by atoms with van der Waals surface area (Å²) in [5, 5.41) is 4.63. The topological polar surface area (TPSA) is 24.9 Å². The molecule has 23 heavy (non-hydrogen) atoms. The molecule has 2 saturated carbocycles. The van der Waals surface area contributed by atoms with E-state index in [9.17, 15) is 0 Å². The van der Waals surface area contributed by atoms with Crippen LogP contribution in [0.5, 0.6) is 0 Å². The third kappa shape index (κ3) is 3.02. The molecule has 1 aromatic carbocycles. The standard InChI is InChI=1S/C20H23ClN2/c21-15-10-8-14(9-11-15)19-17-6-1-2-7-18(17)20(19)23-13-16-5-3-4-12-22-16/h3-5,8-12,17-20,23H,1-2,6-7,13H2/t17-,18-,19+,20+/m1/s1. The Kier molecular flexibility index (Phi) is 4.37. The Labute approximate surface area is 143 Å². The minimum atomic E-state index is 0.573. The van der Waals surface area contributed by atoms with Crippen LogP contribution in [0.1, 0.15) is 42.9 Å². The van der Waals surface area contributed by atoms with E-state index in [0.717, 1.165) is 29.1 Å². The summed E-state index contributed by atoms with van der Waals surface area (Å²) in [4.78, 5) is 4.44. The summed E-state index contributed by atoms with van der Waals surface area (Å²) in [6.45, 7) is 0.860. The Morgan fingerprint density at radius 3 is 2.52 bits per heavy atom. The molecule has 0 unspecified atom stereocenters. The number of aromatic nitrogens is 1. The predicted octanol–water partition coefficient (Wildman–Crippen LogP) is 4.80. The Balaban J connectivity index is 1.51. The Morgan fingerprint density at radius 2 is 1.78 bits per heavy atom. The molecule has 0 amide bonds. The van der Waals surface area contributed by atoms with Crippen molar-refractivity contribution >= 4 is 11.6 Å². The molecule has 4 atom stereocenters. The van der Waals surface area contributed by atoms with Gasteiger partial charge in [0.25, 0.3) is 0 Å². The molecule has 2 aliphatic carbocycles.